The van der Waals surface area contributed by atoms with E-state index in [9.17, 15) is 28.0 Å². The van der Waals surface area contributed by atoms with Crippen molar-refractivity contribution in [2.75, 3.05) is 18.4 Å². The van der Waals surface area contributed by atoms with Gasteiger partial charge in [0.1, 0.15) is 45.6 Å². The predicted molar refractivity (Wildman–Crippen MR) is 173 cm³/mol. The van der Waals surface area contributed by atoms with E-state index in [0.717, 1.165) is 12.1 Å². The van der Waals surface area contributed by atoms with Gasteiger partial charge in [-0.05, 0) is 69.9 Å². The Bertz CT molecular complexity index is 1760. The Morgan fingerprint density at radius 3 is 2.50 bits per heavy atom. The number of benzene rings is 2. The average Bonchev–Trinajstić information content (AvgIpc) is 3.33. The maximum atomic E-state index is 14.6. The molecule has 14 heteroatoms. The summed E-state index contributed by atoms with van der Waals surface area (Å²) in [5, 5.41) is 5.62. The van der Waals surface area contributed by atoms with Gasteiger partial charge >= 0.3 is 12.1 Å². The van der Waals surface area contributed by atoms with E-state index < -0.39 is 52.9 Å². The molecule has 1 saturated heterocycles. The Morgan fingerprint density at radius 1 is 1.10 bits per heavy atom. The molecule has 3 heterocycles. The van der Waals surface area contributed by atoms with Crippen LogP contribution in [0.4, 0.5) is 19.3 Å². The zero-order valence-corrected chi connectivity index (χ0v) is 27.7. The van der Waals surface area contributed by atoms with Crippen LogP contribution in [0.3, 0.4) is 0 Å². The molecule has 1 atom stereocenters. The number of rotatable bonds is 5. The number of anilines is 1. The van der Waals surface area contributed by atoms with Gasteiger partial charge in [0.25, 0.3) is 5.91 Å². The van der Waals surface area contributed by atoms with Gasteiger partial charge in [-0.3, -0.25) is 14.4 Å². The van der Waals surface area contributed by atoms with Gasteiger partial charge in [0, 0.05) is 12.0 Å². The smallest absolute Gasteiger partial charge is 0.410 e. The topological polar surface area (TPSA) is 143 Å². The van der Waals surface area contributed by atoms with E-state index in [-0.39, 0.29) is 54.9 Å². The number of imidazole rings is 1. The minimum absolute atomic E-state index is 0.0974. The number of carbonyl (C=O) groups excluding carboxylic acids is 4. The summed E-state index contributed by atoms with van der Waals surface area (Å²) in [6.07, 6.45) is 3.16. The summed E-state index contributed by atoms with van der Waals surface area (Å²) in [7, 11) is 0. The highest BCUT2D eigenvalue weighted by Crippen LogP contribution is 2.35. The molecule has 5 rings (SSSR count). The molecule has 3 N–H and O–H groups in total. The van der Waals surface area contributed by atoms with Gasteiger partial charge in [-0.1, -0.05) is 35.9 Å². The number of nitrogens with zero attached hydrogens (tertiary/aromatic N) is 2. The molecule has 48 heavy (non-hydrogen) atoms. The SMILES string of the molecule is Cc1cc(F)c(C(=O)N[C@H]2C/C=C/CCC(=O)Nc3cc(CC(=O)OC4CN(C(=O)OC(C)(C)C)C4)ccc3-c3nc2[nH]c3Cl)c(F)c1. The van der Waals surface area contributed by atoms with Crippen LogP contribution in [0.25, 0.3) is 11.3 Å². The predicted octanol–water partition coefficient (Wildman–Crippen LogP) is 6.17. The number of nitrogens with one attached hydrogen (secondary N) is 3. The van der Waals surface area contributed by atoms with Crippen molar-refractivity contribution in [1.82, 2.24) is 20.2 Å². The number of esters is 1. The van der Waals surface area contributed by atoms with Crippen LogP contribution in [0.2, 0.25) is 5.15 Å². The number of carbonyl (C=O) groups is 4. The van der Waals surface area contributed by atoms with E-state index in [4.69, 9.17) is 21.1 Å². The van der Waals surface area contributed by atoms with E-state index in [0.29, 0.717) is 28.8 Å². The molecule has 11 nitrogen and oxygen atoms in total. The third-order valence-electron chi connectivity index (χ3n) is 7.56. The van der Waals surface area contributed by atoms with Gasteiger partial charge in [0.05, 0.1) is 31.2 Å². The van der Waals surface area contributed by atoms with Crippen molar-refractivity contribution >= 4 is 41.2 Å². The Balaban J connectivity index is 1.34. The first-order valence-electron chi connectivity index (χ1n) is 15.4. The molecule has 3 amide bonds. The summed E-state index contributed by atoms with van der Waals surface area (Å²) in [5.74, 6) is -3.52. The van der Waals surface area contributed by atoms with Crippen molar-refractivity contribution in [3.8, 4) is 11.3 Å². The highest BCUT2D eigenvalue weighted by atomic mass is 35.5. The summed E-state index contributed by atoms with van der Waals surface area (Å²) in [6.45, 7) is 7.29. The number of aromatic amines is 1. The summed E-state index contributed by atoms with van der Waals surface area (Å²) in [5.41, 5.74) is 0.572. The molecule has 2 aliphatic rings. The fourth-order valence-corrected chi connectivity index (χ4v) is 5.51. The lowest BCUT2D eigenvalue weighted by Gasteiger charge is -2.38. The fourth-order valence-electron chi connectivity index (χ4n) is 5.27. The second-order valence-electron chi connectivity index (χ2n) is 12.8. The molecule has 0 saturated carbocycles. The van der Waals surface area contributed by atoms with Crippen molar-refractivity contribution in [3.05, 3.63) is 81.8 Å². The van der Waals surface area contributed by atoms with Crippen LogP contribution >= 0.6 is 11.6 Å². The average molecular weight is 684 g/mol. The van der Waals surface area contributed by atoms with E-state index in [2.05, 4.69) is 20.6 Å². The van der Waals surface area contributed by atoms with E-state index >= 15 is 0 Å². The van der Waals surface area contributed by atoms with Crippen molar-refractivity contribution in [2.24, 2.45) is 0 Å². The van der Waals surface area contributed by atoms with Crippen LogP contribution < -0.4 is 10.6 Å². The highest BCUT2D eigenvalue weighted by molar-refractivity contribution is 6.32. The Hall–Kier alpha value is -4.78. The van der Waals surface area contributed by atoms with Crippen LogP contribution in [0, 0.1) is 18.6 Å². The monoisotopic (exact) mass is 683 g/mol. The molecule has 0 unspecified atom stereocenters. The second-order valence-corrected chi connectivity index (χ2v) is 13.1. The summed E-state index contributed by atoms with van der Waals surface area (Å²) < 4.78 is 40.0. The Labute approximate surface area is 281 Å². The highest BCUT2D eigenvalue weighted by Gasteiger charge is 2.36. The number of fused-ring (bicyclic) bond motifs is 4. The molecule has 2 bridgehead atoms. The number of allylic oxidation sites excluding steroid dienone is 1. The van der Waals surface area contributed by atoms with Crippen LogP contribution in [0.1, 0.15) is 73.4 Å². The molecule has 0 radical (unpaired) electrons. The summed E-state index contributed by atoms with van der Waals surface area (Å²) in [4.78, 5) is 59.9. The van der Waals surface area contributed by atoms with Crippen LogP contribution in [0.5, 0.6) is 0 Å². The number of likely N-dealkylation sites (tertiary alicyclic amines) is 1. The lowest BCUT2D eigenvalue weighted by atomic mass is 10.0. The quantitative estimate of drug-likeness (QED) is 0.216. The van der Waals surface area contributed by atoms with Crippen molar-refractivity contribution < 1.29 is 37.4 Å². The number of aryl methyl sites for hydroxylation is 1. The van der Waals surface area contributed by atoms with Crippen LogP contribution in [0.15, 0.2) is 42.5 Å². The minimum Gasteiger partial charge on any atom is -0.458 e. The second kappa shape index (κ2) is 14.1. The van der Waals surface area contributed by atoms with Crippen molar-refractivity contribution in [1.29, 1.82) is 0 Å². The number of amides is 3. The Morgan fingerprint density at radius 2 is 1.81 bits per heavy atom. The number of aromatic nitrogens is 2. The number of H-pyrrole nitrogens is 1. The maximum absolute atomic E-state index is 14.6. The van der Waals surface area contributed by atoms with Gasteiger partial charge in [0.2, 0.25) is 5.91 Å². The van der Waals surface area contributed by atoms with Crippen LogP contribution in [-0.4, -0.2) is 63.5 Å². The Kier molecular flexibility index (Phi) is 10.2. The van der Waals surface area contributed by atoms with E-state index in [1.54, 1.807) is 51.1 Å². The first kappa shape index (κ1) is 34.6. The summed E-state index contributed by atoms with van der Waals surface area (Å²) >= 11 is 6.58. The third-order valence-corrected chi connectivity index (χ3v) is 7.84. The molecule has 1 fully saturated rings. The normalized spacial score (nSPS) is 17.4. The zero-order chi connectivity index (χ0) is 34.7. The van der Waals surface area contributed by atoms with Crippen molar-refractivity contribution in [2.45, 2.75) is 71.1 Å². The number of hydrogen-bond acceptors (Lipinski definition) is 7. The number of hydrogen-bond donors (Lipinski definition) is 3. The molecule has 2 aromatic carbocycles. The molecule has 2 aliphatic heterocycles. The van der Waals surface area contributed by atoms with Gasteiger partial charge in [-0.15, -0.1) is 0 Å². The molecule has 1 aromatic heterocycles. The van der Waals surface area contributed by atoms with Crippen LogP contribution in [-0.2, 0) is 25.5 Å². The fraction of sp³-hybridized carbons (Fsp3) is 0.382. The molecule has 3 aromatic rings. The molecular formula is C34H36ClF2N5O6. The van der Waals surface area contributed by atoms with E-state index in [1.807, 2.05) is 0 Å². The lowest BCUT2D eigenvalue weighted by Crippen LogP contribution is -2.56. The van der Waals surface area contributed by atoms with Gasteiger partial charge in [0.15, 0.2) is 0 Å². The number of ether oxygens (including phenoxy) is 2. The third kappa shape index (κ3) is 8.38. The zero-order valence-electron chi connectivity index (χ0n) is 26.9. The van der Waals surface area contributed by atoms with Gasteiger partial charge in [-0.2, -0.15) is 0 Å². The molecule has 0 aliphatic carbocycles. The first-order chi connectivity index (χ1) is 22.7. The van der Waals surface area contributed by atoms with E-state index in [1.165, 1.54) is 11.8 Å². The standard InChI is InChI=1S/C34H36ClF2N5O6/c1-18-12-22(36)28(23(37)13-18)32(45)39-24-8-6-5-7-9-26(43)38-25-14-19(10-11-21(25)29-30(35)41-31(24)40-29)15-27(44)47-20-16-42(17-20)33(46)48-34(2,3)4/h5-6,10-14,20,24H,7-9,15-17H2,1-4H3,(H,38,43)(H,39,45)(H,40,41)/b6-5+/t24-/m0/s1. The van der Waals surface area contributed by atoms with Gasteiger partial charge < -0.3 is 30.0 Å². The number of halogens is 3. The minimum atomic E-state index is -0.989. The summed E-state index contributed by atoms with van der Waals surface area (Å²) in [6, 6.07) is 6.26. The maximum Gasteiger partial charge on any atom is 0.410 e. The van der Waals surface area contributed by atoms with Crippen molar-refractivity contribution in [3.63, 3.8) is 0 Å². The molecule has 254 valence electrons. The molecule has 0 spiro atoms. The molecular weight excluding hydrogens is 648 g/mol. The lowest BCUT2D eigenvalue weighted by molar-refractivity contribution is -0.156. The largest absolute Gasteiger partial charge is 0.458 e. The van der Waals surface area contributed by atoms with Gasteiger partial charge in [-0.25, -0.2) is 18.6 Å². The first-order valence-corrected chi connectivity index (χ1v) is 15.8.